The van der Waals surface area contributed by atoms with E-state index in [9.17, 15) is 8.42 Å². The minimum absolute atomic E-state index is 0.297. The minimum atomic E-state index is -3.38. The summed E-state index contributed by atoms with van der Waals surface area (Å²) >= 11 is 1.63. The zero-order chi connectivity index (χ0) is 13.6. The van der Waals surface area contributed by atoms with E-state index in [4.69, 9.17) is 4.42 Å². The van der Waals surface area contributed by atoms with Crippen molar-refractivity contribution in [3.8, 4) is 0 Å². The van der Waals surface area contributed by atoms with Crippen molar-refractivity contribution in [2.24, 2.45) is 0 Å². The number of thioether (sulfide) groups is 1. The van der Waals surface area contributed by atoms with E-state index in [0.29, 0.717) is 17.2 Å². The van der Waals surface area contributed by atoms with E-state index in [-0.39, 0.29) is 0 Å². The molecule has 2 aromatic rings. The lowest BCUT2D eigenvalue weighted by atomic mass is 10.4. The normalized spacial score (nSPS) is 11.6. The Morgan fingerprint density at radius 1 is 1.11 bits per heavy atom. The number of benzene rings is 1. The van der Waals surface area contributed by atoms with Gasteiger partial charge in [0.2, 0.25) is 10.0 Å². The van der Waals surface area contributed by atoms with Crippen LogP contribution in [0.4, 0.5) is 0 Å². The number of hydrogen-bond donors (Lipinski definition) is 1. The molecule has 0 saturated heterocycles. The molecule has 0 amide bonds. The number of sulfonamides is 1. The van der Waals surface area contributed by atoms with Gasteiger partial charge in [-0.3, -0.25) is 0 Å². The van der Waals surface area contributed by atoms with Gasteiger partial charge in [-0.05, 0) is 24.3 Å². The van der Waals surface area contributed by atoms with Gasteiger partial charge >= 0.3 is 0 Å². The predicted molar refractivity (Wildman–Crippen MR) is 76.5 cm³/mol. The summed E-state index contributed by atoms with van der Waals surface area (Å²) in [6.07, 6.45) is 1.63. The molecule has 0 bridgehead atoms. The van der Waals surface area contributed by atoms with Crippen molar-refractivity contribution in [1.82, 2.24) is 4.72 Å². The Balaban J connectivity index is 1.73. The Morgan fingerprint density at radius 3 is 2.58 bits per heavy atom. The second-order valence-corrected chi connectivity index (χ2v) is 6.71. The fourth-order valence-electron chi connectivity index (χ4n) is 1.50. The Hall–Kier alpha value is -1.24. The van der Waals surface area contributed by atoms with E-state index in [1.54, 1.807) is 48.4 Å². The molecule has 0 atom stereocenters. The molecule has 0 radical (unpaired) electrons. The first kappa shape index (κ1) is 14.2. The molecule has 1 heterocycles. The first-order valence-electron chi connectivity index (χ1n) is 5.83. The molecule has 0 aliphatic carbocycles. The number of nitrogens with one attached hydrogen (secondary N) is 1. The maximum atomic E-state index is 11.9. The highest BCUT2D eigenvalue weighted by atomic mass is 32.2. The highest BCUT2D eigenvalue weighted by Gasteiger charge is 2.11. The summed E-state index contributed by atoms with van der Waals surface area (Å²) in [4.78, 5) is 0.297. The van der Waals surface area contributed by atoms with Crippen LogP contribution < -0.4 is 4.72 Å². The molecular weight excluding hydrogens is 282 g/mol. The molecule has 2 rings (SSSR count). The molecule has 0 fully saturated rings. The standard InChI is InChI=1S/C13H15NO3S2/c15-19(16,13-6-2-1-3-7-13)14-8-10-18-11-12-5-4-9-17-12/h1-7,9,14H,8,10-11H2. The highest BCUT2D eigenvalue weighted by molar-refractivity contribution is 7.98. The van der Waals surface area contributed by atoms with Crippen LogP contribution in [0.2, 0.25) is 0 Å². The van der Waals surface area contributed by atoms with Crippen LogP contribution in [-0.2, 0) is 15.8 Å². The average molecular weight is 297 g/mol. The third kappa shape index (κ3) is 4.41. The van der Waals surface area contributed by atoms with E-state index in [2.05, 4.69) is 4.72 Å². The fourth-order valence-corrected chi connectivity index (χ4v) is 3.44. The largest absolute Gasteiger partial charge is 0.468 e. The molecule has 1 aromatic heterocycles. The predicted octanol–water partition coefficient (Wildman–Crippen LogP) is 2.49. The second kappa shape index (κ2) is 6.79. The van der Waals surface area contributed by atoms with Gasteiger partial charge in [0.1, 0.15) is 5.76 Å². The van der Waals surface area contributed by atoms with Crippen molar-refractivity contribution in [3.05, 3.63) is 54.5 Å². The van der Waals surface area contributed by atoms with E-state index in [1.807, 2.05) is 12.1 Å². The molecule has 1 aromatic carbocycles. The smallest absolute Gasteiger partial charge is 0.240 e. The molecule has 4 nitrogen and oxygen atoms in total. The molecule has 0 unspecified atom stereocenters. The summed E-state index contributed by atoms with van der Waals surface area (Å²) in [5.41, 5.74) is 0. The van der Waals surface area contributed by atoms with Crippen molar-refractivity contribution in [3.63, 3.8) is 0 Å². The lowest BCUT2D eigenvalue weighted by Crippen LogP contribution is -2.25. The Morgan fingerprint density at radius 2 is 1.89 bits per heavy atom. The van der Waals surface area contributed by atoms with E-state index in [0.717, 1.165) is 11.5 Å². The van der Waals surface area contributed by atoms with Crippen LogP contribution in [0.3, 0.4) is 0 Å². The van der Waals surface area contributed by atoms with Crippen LogP contribution in [0, 0.1) is 0 Å². The number of hydrogen-bond acceptors (Lipinski definition) is 4. The topological polar surface area (TPSA) is 59.3 Å². The van der Waals surface area contributed by atoms with Gasteiger partial charge < -0.3 is 4.42 Å². The van der Waals surface area contributed by atoms with Crippen LogP contribution in [0.25, 0.3) is 0 Å². The van der Waals surface area contributed by atoms with Gasteiger partial charge in [0.25, 0.3) is 0 Å². The van der Waals surface area contributed by atoms with Gasteiger partial charge in [0, 0.05) is 12.3 Å². The van der Waals surface area contributed by atoms with Crippen LogP contribution >= 0.6 is 11.8 Å². The quantitative estimate of drug-likeness (QED) is 0.798. The first-order valence-corrected chi connectivity index (χ1v) is 8.47. The molecule has 1 N–H and O–H groups in total. The van der Waals surface area contributed by atoms with Gasteiger partial charge in [0.15, 0.2) is 0 Å². The summed E-state index contributed by atoms with van der Waals surface area (Å²) in [5.74, 6) is 2.35. The van der Waals surface area contributed by atoms with E-state index < -0.39 is 10.0 Å². The summed E-state index contributed by atoms with van der Waals surface area (Å²) in [6.45, 7) is 0.405. The number of furan rings is 1. The molecule has 0 aliphatic rings. The lowest BCUT2D eigenvalue weighted by molar-refractivity contribution is 0.530. The SMILES string of the molecule is O=S(=O)(NCCSCc1ccco1)c1ccccc1. The maximum Gasteiger partial charge on any atom is 0.240 e. The summed E-state index contributed by atoms with van der Waals surface area (Å²) in [5, 5.41) is 0. The van der Waals surface area contributed by atoms with Gasteiger partial charge in [-0.1, -0.05) is 18.2 Å². The van der Waals surface area contributed by atoms with Crippen LogP contribution in [0.5, 0.6) is 0 Å². The van der Waals surface area contributed by atoms with Crippen molar-refractivity contribution in [2.75, 3.05) is 12.3 Å². The average Bonchev–Trinajstić information content (AvgIpc) is 2.92. The van der Waals surface area contributed by atoms with Crippen molar-refractivity contribution in [2.45, 2.75) is 10.6 Å². The van der Waals surface area contributed by atoms with Crippen LogP contribution in [0.15, 0.2) is 58.0 Å². The van der Waals surface area contributed by atoms with Crippen molar-refractivity contribution >= 4 is 21.8 Å². The van der Waals surface area contributed by atoms with Gasteiger partial charge in [-0.2, -0.15) is 11.8 Å². The van der Waals surface area contributed by atoms with E-state index in [1.165, 1.54) is 0 Å². The van der Waals surface area contributed by atoms with Crippen LogP contribution in [0.1, 0.15) is 5.76 Å². The van der Waals surface area contributed by atoms with Crippen molar-refractivity contribution < 1.29 is 12.8 Å². The third-order valence-electron chi connectivity index (χ3n) is 2.42. The molecule has 0 aliphatic heterocycles. The third-order valence-corrected chi connectivity index (χ3v) is 4.87. The summed E-state index contributed by atoms with van der Waals surface area (Å²) < 4.78 is 31.5. The molecule has 6 heteroatoms. The monoisotopic (exact) mass is 297 g/mol. The zero-order valence-electron chi connectivity index (χ0n) is 10.3. The minimum Gasteiger partial charge on any atom is -0.468 e. The van der Waals surface area contributed by atoms with Gasteiger partial charge in [-0.15, -0.1) is 0 Å². The first-order chi connectivity index (χ1) is 9.18. The summed E-state index contributed by atoms with van der Waals surface area (Å²) in [6, 6.07) is 12.1. The number of rotatable bonds is 7. The molecule has 19 heavy (non-hydrogen) atoms. The molecule has 102 valence electrons. The van der Waals surface area contributed by atoms with Gasteiger partial charge in [0.05, 0.1) is 16.9 Å². The highest BCUT2D eigenvalue weighted by Crippen LogP contribution is 2.12. The maximum absolute atomic E-state index is 11.9. The van der Waals surface area contributed by atoms with Gasteiger partial charge in [-0.25, -0.2) is 13.1 Å². The van der Waals surface area contributed by atoms with E-state index >= 15 is 0 Å². The summed E-state index contributed by atoms with van der Waals surface area (Å²) in [7, 11) is -3.38. The second-order valence-electron chi connectivity index (χ2n) is 3.84. The van der Waals surface area contributed by atoms with Crippen LogP contribution in [-0.4, -0.2) is 20.7 Å². The zero-order valence-corrected chi connectivity index (χ0v) is 11.9. The Bertz CT molecular complexity index is 580. The van der Waals surface area contributed by atoms with Crippen molar-refractivity contribution in [1.29, 1.82) is 0 Å². The Kier molecular flexibility index (Phi) is 5.07. The fraction of sp³-hybridized carbons (Fsp3) is 0.231. The molecule has 0 spiro atoms. The lowest BCUT2D eigenvalue weighted by Gasteiger charge is -2.06. The Labute approximate surface area is 117 Å². The molecule has 0 saturated carbocycles. The molecular formula is C13H15NO3S2.